The average molecular weight is 384 g/mol. The number of piperazine rings is 1. The van der Waals surface area contributed by atoms with E-state index in [9.17, 15) is 4.79 Å². The van der Waals surface area contributed by atoms with Crippen LogP contribution < -0.4 is 10.6 Å². The third-order valence-electron chi connectivity index (χ3n) is 5.16. The fourth-order valence-corrected chi connectivity index (χ4v) is 3.35. The predicted molar refractivity (Wildman–Crippen MR) is 115 cm³/mol. The van der Waals surface area contributed by atoms with Gasteiger partial charge in [-0.15, -0.1) is 0 Å². The second kappa shape index (κ2) is 10.9. The summed E-state index contributed by atoms with van der Waals surface area (Å²) in [6, 6.07) is 10.9. The highest BCUT2D eigenvalue weighted by Gasteiger charge is 2.23. The number of hydrogen-bond donors (Lipinski definition) is 2. The van der Waals surface area contributed by atoms with Crippen LogP contribution in [-0.2, 0) is 4.79 Å². The van der Waals surface area contributed by atoms with Gasteiger partial charge in [0.05, 0.1) is 0 Å². The van der Waals surface area contributed by atoms with Gasteiger partial charge in [0.15, 0.2) is 5.96 Å². The van der Waals surface area contributed by atoms with E-state index >= 15 is 0 Å². The Morgan fingerprint density at radius 3 is 2.61 bits per heavy atom. The van der Waals surface area contributed by atoms with Crippen LogP contribution in [-0.4, -0.2) is 74.0 Å². The molecule has 1 amide bonds. The third-order valence-corrected chi connectivity index (χ3v) is 5.16. The Bertz CT molecular complexity index is 661. The molecule has 28 heavy (non-hydrogen) atoms. The average Bonchev–Trinajstić information content (AvgIpc) is 3.53. The summed E-state index contributed by atoms with van der Waals surface area (Å²) >= 11 is 0. The van der Waals surface area contributed by atoms with Gasteiger partial charge in [-0.05, 0) is 24.8 Å². The molecular weight excluding hydrogens is 350 g/mol. The number of hydrogen-bond acceptors (Lipinski definition) is 3. The van der Waals surface area contributed by atoms with Crippen molar-refractivity contribution in [3.8, 4) is 0 Å². The molecular formula is C22H33N5O. The zero-order valence-corrected chi connectivity index (χ0v) is 16.9. The molecule has 3 rings (SSSR count). The van der Waals surface area contributed by atoms with Gasteiger partial charge in [0.1, 0.15) is 0 Å². The molecule has 0 atom stereocenters. The summed E-state index contributed by atoms with van der Waals surface area (Å²) in [4.78, 5) is 20.9. The molecule has 1 aromatic carbocycles. The van der Waals surface area contributed by atoms with Crippen molar-refractivity contribution >= 4 is 17.9 Å². The molecule has 0 radical (unpaired) electrons. The summed E-state index contributed by atoms with van der Waals surface area (Å²) < 4.78 is 0. The topological polar surface area (TPSA) is 60.0 Å². The number of nitrogens with zero attached hydrogens (tertiary/aromatic N) is 3. The zero-order chi connectivity index (χ0) is 19.6. The lowest BCUT2D eigenvalue weighted by atomic mass is 10.2. The largest absolute Gasteiger partial charge is 0.356 e. The van der Waals surface area contributed by atoms with Gasteiger partial charge in [-0.2, -0.15) is 0 Å². The minimum Gasteiger partial charge on any atom is -0.356 e. The summed E-state index contributed by atoms with van der Waals surface area (Å²) in [7, 11) is 1.83. The number of guanidine groups is 1. The first-order valence-corrected chi connectivity index (χ1v) is 10.4. The number of amides is 1. The van der Waals surface area contributed by atoms with Crippen molar-refractivity contribution < 1.29 is 4.79 Å². The predicted octanol–water partition coefficient (Wildman–Crippen LogP) is 1.95. The minimum absolute atomic E-state index is 0.177. The van der Waals surface area contributed by atoms with Crippen LogP contribution in [0.4, 0.5) is 0 Å². The van der Waals surface area contributed by atoms with E-state index in [4.69, 9.17) is 0 Å². The fourth-order valence-electron chi connectivity index (χ4n) is 3.35. The molecule has 1 aromatic rings. The van der Waals surface area contributed by atoms with E-state index < -0.39 is 0 Å². The van der Waals surface area contributed by atoms with Crippen molar-refractivity contribution in [3.05, 3.63) is 42.0 Å². The lowest BCUT2D eigenvalue weighted by Gasteiger charge is -2.36. The maximum Gasteiger partial charge on any atom is 0.220 e. The monoisotopic (exact) mass is 383 g/mol. The van der Waals surface area contributed by atoms with Crippen molar-refractivity contribution in [2.75, 3.05) is 46.3 Å². The number of aliphatic imine (C=N–C) groups is 1. The molecule has 0 bridgehead atoms. The Morgan fingerprint density at radius 2 is 1.93 bits per heavy atom. The molecule has 6 nitrogen and oxygen atoms in total. The molecule has 1 aliphatic heterocycles. The molecule has 2 aliphatic rings. The van der Waals surface area contributed by atoms with Crippen molar-refractivity contribution in [2.24, 2.45) is 4.99 Å². The van der Waals surface area contributed by atoms with Crippen molar-refractivity contribution in [1.82, 2.24) is 20.4 Å². The first-order valence-electron chi connectivity index (χ1n) is 10.4. The van der Waals surface area contributed by atoms with Gasteiger partial charge in [-0.3, -0.25) is 14.7 Å². The quantitative estimate of drug-likeness (QED) is 0.409. The van der Waals surface area contributed by atoms with Gasteiger partial charge in [0.2, 0.25) is 5.91 Å². The molecule has 0 aromatic heterocycles. The van der Waals surface area contributed by atoms with Gasteiger partial charge in [0, 0.05) is 58.8 Å². The van der Waals surface area contributed by atoms with Gasteiger partial charge in [-0.1, -0.05) is 42.5 Å². The van der Waals surface area contributed by atoms with E-state index in [1.807, 2.05) is 13.1 Å². The van der Waals surface area contributed by atoms with Crippen molar-refractivity contribution in [3.63, 3.8) is 0 Å². The first kappa shape index (κ1) is 20.4. The van der Waals surface area contributed by atoms with E-state index in [1.165, 1.54) is 5.56 Å². The summed E-state index contributed by atoms with van der Waals surface area (Å²) in [5.41, 5.74) is 1.25. The molecule has 0 spiro atoms. The molecule has 1 aliphatic carbocycles. The lowest BCUT2D eigenvalue weighted by Crippen LogP contribution is -2.52. The van der Waals surface area contributed by atoms with Crippen LogP contribution in [0.25, 0.3) is 6.08 Å². The summed E-state index contributed by atoms with van der Waals surface area (Å²) in [6.45, 7) is 5.77. The highest BCUT2D eigenvalue weighted by molar-refractivity contribution is 5.80. The highest BCUT2D eigenvalue weighted by atomic mass is 16.1. The SMILES string of the molecule is CN=C(NCCCC(=O)NC1CC1)N1CCN(C/C=C/c2ccccc2)CC1. The van der Waals surface area contributed by atoms with Crippen molar-refractivity contribution in [2.45, 2.75) is 31.7 Å². The first-order chi connectivity index (χ1) is 13.7. The maximum absolute atomic E-state index is 11.7. The van der Waals surface area contributed by atoms with E-state index in [0.717, 1.165) is 64.5 Å². The number of carbonyl (C=O) groups excluding carboxylic acids is 1. The number of benzene rings is 1. The van der Waals surface area contributed by atoms with Crippen LogP contribution in [0.2, 0.25) is 0 Å². The molecule has 1 saturated heterocycles. The van der Waals surface area contributed by atoms with Crippen LogP contribution in [0.1, 0.15) is 31.2 Å². The Kier molecular flexibility index (Phi) is 7.91. The molecule has 1 heterocycles. The standard InChI is InChI=1S/C22H33N5O/c1-23-22(24-13-5-10-21(28)25-20-11-12-20)27-17-15-26(16-18-27)14-6-9-19-7-3-2-4-8-19/h2-4,6-9,20H,5,10-18H2,1H3,(H,23,24)(H,25,28)/b9-6+. The Balaban J connectivity index is 1.31. The third kappa shape index (κ3) is 7.00. The van der Waals surface area contributed by atoms with E-state index in [1.54, 1.807) is 0 Å². The van der Waals surface area contributed by atoms with Crippen LogP contribution in [0, 0.1) is 0 Å². The Labute approximate surface area is 168 Å². The van der Waals surface area contributed by atoms with E-state index in [-0.39, 0.29) is 5.91 Å². The van der Waals surface area contributed by atoms with Crippen LogP contribution in [0.15, 0.2) is 41.4 Å². The lowest BCUT2D eigenvalue weighted by molar-refractivity contribution is -0.121. The highest BCUT2D eigenvalue weighted by Crippen LogP contribution is 2.18. The second-order valence-corrected chi connectivity index (χ2v) is 7.52. The molecule has 6 heteroatoms. The summed E-state index contributed by atoms with van der Waals surface area (Å²) in [5.74, 6) is 1.12. The molecule has 2 N–H and O–H groups in total. The summed E-state index contributed by atoms with van der Waals surface area (Å²) in [5, 5.41) is 6.44. The maximum atomic E-state index is 11.7. The zero-order valence-electron chi connectivity index (χ0n) is 16.9. The number of carbonyl (C=O) groups is 1. The fraction of sp³-hybridized carbons (Fsp3) is 0.545. The summed E-state index contributed by atoms with van der Waals surface area (Å²) in [6.07, 6.45) is 8.14. The van der Waals surface area contributed by atoms with Crippen molar-refractivity contribution in [1.29, 1.82) is 0 Å². The van der Waals surface area contributed by atoms with Gasteiger partial charge in [0.25, 0.3) is 0 Å². The Hall–Kier alpha value is -2.34. The number of nitrogens with one attached hydrogen (secondary N) is 2. The smallest absolute Gasteiger partial charge is 0.220 e. The van der Waals surface area contributed by atoms with E-state index in [2.05, 4.69) is 61.8 Å². The van der Waals surface area contributed by atoms with Crippen LogP contribution in [0.5, 0.6) is 0 Å². The van der Waals surface area contributed by atoms with E-state index in [0.29, 0.717) is 12.5 Å². The normalized spacial score (nSPS) is 18.5. The van der Waals surface area contributed by atoms with Gasteiger partial charge >= 0.3 is 0 Å². The van der Waals surface area contributed by atoms with Crippen LogP contribution in [0.3, 0.4) is 0 Å². The van der Waals surface area contributed by atoms with Gasteiger partial charge in [-0.25, -0.2) is 0 Å². The molecule has 152 valence electrons. The minimum atomic E-state index is 0.177. The van der Waals surface area contributed by atoms with Gasteiger partial charge < -0.3 is 15.5 Å². The molecule has 1 saturated carbocycles. The second-order valence-electron chi connectivity index (χ2n) is 7.52. The molecule has 0 unspecified atom stereocenters. The molecule has 2 fully saturated rings. The van der Waals surface area contributed by atoms with Crippen LogP contribution >= 0.6 is 0 Å². The Morgan fingerprint density at radius 1 is 1.18 bits per heavy atom. The number of rotatable bonds is 8.